The van der Waals surface area contributed by atoms with Gasteiger partial charge in [0.05, 0.1) is 18.4 Å². The molecule has 4 nitrogen and oxygen atoms in total. The number of ether oxygens (including phenoxy) is 1. The van der Waals surface area contributed by atoms with Crippen molar-refractivity contribution < 1.29 is 9.84 Å². The molecule has 0 radical (unpaired) electrons. The van der Waals surface area contributed by atoms with E-state index in [0.29, 0.717) is 5.92 Å². The maximum Gasteiger partial charge on any atom is 0.185 e. The van der Waals surface area contributed by atoms with E-state index in [4.69, 9.17) is 4.74 Å². The van der Waals surface area contributed by atoms with Gasteiger partial charge in [-0.2, -0.15) is 0 Å². The molecule has 1 saturated heterocycles. The van der Waals surface area contributed by atoms with Crippen molar-refractivity contribution in [3.05, 3.63) is 10.6 Å². The van der Waals surface area contributed by atoms with Crippen LogP contribution in [0.2, 0.25) is 0 Å². The second kappa shape index (κ2) is 5.77. The highest BCUT2D eigenvalue weighted by Crippen LogP contribution is 2.36. The highest BCUT2D eigenvalue weighted by Gasteiger charge is 2.25. The van der Waals surface area contributed by atoms with Crippen molar-refractivity contribution in [3.8, 4) is 0 Å². The Morgan fingerprint density at radius 1 is 1.42 bits per heavy atom. The molecule has 5 heteroatoms. The minimum absolute atomic E-state index is 0.347. The number of aromatic nitrogens is 1. The summed E-state index contributed by atoms with van der Waals surface area (Å²) in [5.41, 5.74) is 0.929. The van der Waals surface area contributed by atoms with Crippen molar-refractivity contribution in [1.29, 1.82) is 0 Å². The molecule has 2 aliphatic rings. The second-order valence-corrected chi connectivity index (χ2v) is 6.74. The van der Waals surface area contributed by atoms with Crippen LogP contribution in [0.3, 0.4) is 0 Å². The number of fused-ring (bicyclic) bond motifs is 1. The maximum atomic E-state index is 9.98. The number of hydrogen-bond acceptors (Lipinski definition) is 5. The molecule has 2 heterocycles. The predicted molar refractivity (Wildman–Crippen MR) is 76.8 cm³/mol. The Kier molecular flexibility index (Phi) is 4.05. The average molecular weight is 282 g/mol. The van der Waals surface area contributed by atoms with Gasteiger partial charge in [-0.15, -0.1) is 11.3 Å². The summed E-state index contributed by atoms with van der Waals surface area (Å²) in [6.07, 6.45) is 5.08. The van der Waals surface area contributed by atoms with Crippen LogP contribution in [-0.4, -0.2) is 36.9 Å². The maximum absolute atomic E-state index is 9.98. The summed E-state index contributed by atoms with van der Waals surface area (Å²) in [6.45, 7) is 2.79. The van der Waals surface area contributed by atoms with E-state index >= 15 is 0 Å². The standard InChI is InChI=1S/C14H22N2O2S/c1-16(8-10-4-3-7-18-9-10)14-15-13-11(17)5-2-6-12(13)19-14/h10-11,17H,2-9H2,1H3. The Morgan fingerprint density at radius 3 is 3.05 bits per heavy atom. The van der Waals surface area contributed by atoms with Crippen molar-refractivity contribution in [2.24, 2.45) is 5.92 Å². The lowest BCUT2D eigenvalue weighted by molar-refractivity contribution is 0.0576. The van der Waals surface area contributed by atoms with Crippen molar-refractivity contribution in [1.82, 2.24) is 4.98 Å². The van der Waals surface area contributed by atoms with Gasteiger partial charge in [0, 0.05) is 25.1 Å². The monoisotopic (exact) mass is 282 g/mol. The van der Waals surface area contributed by atoms with Crippen molar-refractivity contribution in [2.75, 3.05) is 31.7 Å². The summed E-state index contributed by atoms with van der Waals surface area (Å²) >= 11 is 1.75. The first-order chi connectivity index (χ1) is 9.24. The van der Waals surface area contributed by atoms with Gasteiger partial charge in [-0.25, -0.2) is 4.98 Å². The van der Waals surface area contributed by atoms with E-state index in [0.717, 1.165) is 49.8 Å². The smallest absolute Gasteiger partial charge is 0.185 e. The van der Waals surface area contributed by atoms with E-state index in [-0.39, 0.29) is 6.10 Å². The van der Waals surface area contributed by atoms with Gasteiger partial charge in [0.2, 0.25) is 0 Å². The first kappa shape index (κ1) is 13.3. The molecule has 3 rings (SSSR count). The fraction of sp³-hybridized carbons (Fsp3) is 0.786. The Morgan fingerprint density at radius 2 is 2.32 bits per heavy atom. The molecule has 2 atom stereocenters. The molecule has 19 heavy (non-hydrogen) atoms. The minimum atomic E-state index is -0.347. The molecule has 1 aliphatic carbocycles. The summed E-state index contributed by atoms with van der Waals surface area (Å²) in [7, 11) is 2.10. The van der Waals surface area contributed by atoms with Crippen LogP contribution in [0.1, 0.15) is 42.4 Å². The first-order valence-corrected chi connectivity index (χ1v) is 8.02. The zero-order valence-corrected chi connectivity index (χ0v) is 12.3. The number of aliphatic hydroxyl groups excluding tert-OH is 1. The molecule has 1 aromatic heterocycles. The van der Waals surface area contributed by atoms with Crippen LogP contribution < -0.4 is 4.90 Å². The predicted octanol–water partition coefficient (Wildman–Crippen LogP) is 2.38. The number of nitrogens with zero attached hydrogens (tertiary/aromatic N) is 2. The highest BCUT2D eigenvalue weighted by molar-refractivity contribution is 7.15. The summed E-state index contributed by atoms with van der Waals surface area (Å²) in [6, 6.07) is 0. The molecular weight excluding hydrogens is 260 g/mol. The first-order valence-electron chi connectivity index (χ1n) is 7.20. The van der Waals surface area contributed by atoms with E-state index in [9.17, 15) is 5.11 Å². The van der Waals surface area contributed by atoms with Crippen LogP contribution >= 0.6 is 11.3 Å². The summed E-state index contributed by atoms with van der Waals surface area (Å²) < 4.78 is 5.53. The molecule has 0 bridgehead atoms. The van der Waals surface area contributed by atoms with Gasteiger partial charge in [0.1, 0.15) is 0 Å². The molecule has 0 saturated carbocycles. The fourth-order valence-electron chi connectivity index (χ4n) is 2.96. The van der Waals surface area contributed by atoms with Gasteiger partial charge >= 0.3 is 0 Å². The van der Waals surface area contributed by atoms with Crippen LogP contribution in [0.25, 0.3) is 0 Å². The Bertz CT molecular complexity index is 429. The average Bonchev–Trinajstić information content (AvgIpc) is 2.85. The lowest BCUT2D eigenvalue weighted by atomic mass is 10.0. The van der Waals surface area contributed by atoms with Crippen LogP contribution in [0.5, 0.6) is 0 Å². The van der Waals surface area contributed by atoms with Gasteiger partial charge in [0.25, 0.3) is 0 Å². The minimum Gasteiger partial charge on any atom is -0.387 e. The van der Waals surface area contributed by atoms with Crippen molar-refractivity contribution in [3.63, 3.8) is 0 Å². The second-order valence-electron chi connectivity index (χ2n) is 5.68. The van der Waals surface area contributed by atoms with E-state index in [1.165, 1.54) is 17.7 Å². The number of rotatable bonds is 3. The Hall–Kier alpha value is -0.650. The van der Waals surface area contributed by atoms with Gasteiger partial charge in [-0.1, -0.05) is 0 Å². The van der Waals surface area contributed by atoms with Crippen LogP contribution in [0, 0.1) is 5.92 Å². The van der Waals surface area contributed by atoms with E-state index in [2.05, 4.69) is 16.9 Å². The zero-order valence-electron chi connectivity index (χ0n) is 11.5. The molecule has 1 aromatic rings. The number of aryl methyl sites for hydroxylation is 1. The molecule has 106 valence electrons. The highest BCUT2D eigenvalue weighted by atomic mass is 32.1. The molecule has 0 amide bonds. The summed E-state index contributed by atoms with van der Waals surface area (Å²) in [4.78, 5) is 8.16. The quantitative estimate of drug-likeness (QED) is 0.924. The van der Waals surface area contributed by atoms with E-state index in [1.54, 1.807) is 11.3 Å². The van der Waals surface area contributed by atoms with Crippen LogP contribution in [-0.2, 0) is 11.2 Å². The lowest BCUT2D eigenvalue weighted by Gasteiger charge is -2.26. The molecular formula is C14H22N2O2S. The fourth-order valence-corrected chi connectivity index (χ4v) is 4.09. The number of anilines is 1. The largest absolute Gasteiger partial charge is 0.387 e. The van der Waals surface area contributed by atoms with Gasteiger partial charge in [0.15, 0.2) is 5.13 Å². The van der Waals surface area contributed by atoms with E-state index < -0.39 is 0 Å². The molecule has 1 aliphatic heterocycles. The normalized spacial score (nSPS) is 27.1. The van der Waals surface area contributed by atoms with Crippen molar-refractivity contribution >= 4 is 16.5 Å². The SMILES string of the molecule is CN(CC1CCCOC1)c1nc2c(s1)CCCC2O. The van der Waals surface area contributed by atoms with E-state index in [1.807, 2.05) is 0 Å². The molecule has 0 spiro atoms. The van der Waals surface area contributed by atoms with Gasteiger partial charge < -0.3 is 14.7 Å². The van der Waals surface area contributed by atoms with Gasteiger partial charge in [-0.3, -0.25) is 0 Å². The topological polar surface area (TPSA) is 45.6 Å². The lowest BCUT2D eigenvalue weighted by Crippen LogP contribution is -2.30. The van der Waals surface area contributed by atoms with Crippen molar-refractivity contribution in [2.45, 2.75) is 38.2 Å². The number of hydrogen-bond donors (Lipinski definition) is 1. The van der Waals surface area contributed by atoms with Crippen LogP contribution in [0.4, 0.5) is 5.13 Å². The molecule has 1 fully saturated rings. The third-order valence-electron chi connectivity index (χ3n) is 4.03. The molecule has 0 aromatic carbocycles. The number of aliphatic hydroxyl groups is 1. The third-order valence-corrected chi connectivity index (χ3v) is 5.27. The summed E-state index contributed by atoms with van der Waals surface area (Å²) in [5, 5.41) is 11.0. The Labute approximate surface area is 118 Å². The summed E-state index contributed by atoms with van der Waals surface area (Å²) in [5.74, 6) is 0.615. The van der Waals surface area contributed by atoms with Gasteiger partial charge in [-0.05, 0) is 38.0 Å². The Balaban J connectivity index is 1.67. The third kappa shape index (κ3) is 2.93. The zero-order chi connectivity index (χ0) is 13.2. The number of thiazole rings is 1. The molecule has 2 unspecified atom stereocenters. The molecule has 1 N–H and O–H groups in total. The van der Waals surface area contributed by atoms with Crippen LogP contribution in [0.15, 0.2) is 0 Å².